The number of carboxylic acid groups (broad SMARTS) is 1. The van der Waals surface area contributed by atoms with Gasteiger partial charge in [-0.2, -0.15) is 13.2 Å². The molecule has 11 heteroatoms. The second-order valence-corrected chi connectivity index (χ2v) is 8.99. The van der Waals surface area contributed by atoms with Crippen LogP contribution in [0.5, 0.6) is 0 Å². The van der Waals surface area contributed by atoms with Crippen LogP contribution in [0.3, 0.4) is 0 Å². The number of benzene rings is 2. The van der Waals surface area contributed by atoms with Crippen LogP contribution in [0.15, 0.2) is 48.5 Å². The van der Waals surface area contributed by atoms with E-state index in [2.05, 4.69) is 16.0 Å². The molecule has 0 spiro atoms. The molecule has 2 aromatic rings. The van der Waals surface area contributed by atoms with Gasteiger partial charge in [0.1, 0.15) is 12.0 Å². The van der Waals surface area contributed by atoms with Gasteiger partial charge in [0.25, 0.3) is 0 Å². The summed E-state index contributed by atoms with van der Waals surface area (Å²) < 4.78 is 38.9. The maximum atomic E-state index is 13.5. The Labute approximate surface area is 205 Å². The average molecular weight is 505 g/mol. The van der Waals surface area contributed by atoms with Crippen LogP contribution in [-0.2, 0) is 10.2 Å². The molecular weight excluding hydrogens is 477 g/mol. The number of fused-ring (bicyclic) bond motifs is 3. The van der Waals surface area contributed by atoms with Crippen molar-refractivity contribution in [2.45, 2.75) is 36.9 Å². The minimum atomic E-state index is -4.57. The summed E-state index contributed by atoms with van der Waals surface area (Å²) in [5.41, 5.74) is 1.34. The van der Waals surface area contributed by atoms with E-state index < -0.39 is 30.1 Å². The van der Waals surface area contributed by atoms with E-state index in [-0.39, 0.29) is 25.0 Å². The summed E-state index contributed by atoms with van der Waals surface area (Å²) in [6.07, 6.45) is -4.66. The standard InChI is InChI=1S/C25H27F3N4O4/c26-25(27,28)15-30-21(33)24(19-7-3-1-5-17(19)18-6-2-4-8-20(18)24)11-12-29-22(34)32-13-9-16(10-14-32)31-23(35)36/h1-8,16,31H,9-15H2,(H,29,34)(H,30,33)(H,35,36). The number of urea groups is 1. The van der Waals surface area contributed by atoms with E-state index in [0.717, 1.165) is 11.1 Å². The van der Waals surface area contributed by atoms with Gasteiger partial charge in [0.2, 0.25) is 5.91 Å². The first-order valence-corrected chi connectivity index (χ1v) is 11.7. The molecule has 36 heavy (non-hydrogen) atoms. The third kappa shape index (κ3) is 5.09. The van der Waals surface area contributed by atoms with E-state index in [0.29, 0.717) is 37.1 Å². The summed E-state index contributed by atoms with van der Waals surface area (Å²) in [6, 6.07) is 13.7. The maximum Gasteiger partial charge on any atom is 0.405 e. The van der Waals surface area contributed by atoms with Gasteiger partial charge in [0, 0.05) is 25.7 Å². The normalized spacial score (nSPS) is 16.6. The number of hydrogen-bond donors (Lipinski definition) is 4. The summed E-state index contributed by atoms with van der Waals surface area (Å²) in [5.74, 6) is -0.771. The fourth-order valence-corrected chi connectivity index (χ4v) is 5.15. The Bertz CT molecular complexity index is 1100. The molecule has 4 amide bonds. The molecule has 4 N–H and O–H groups in total. The van der Waals surface area contributed by atoms with E-state index in [9.17, 15) is 27.6 Å². The van der Waals surface area contributed by atoms with Crippen molar-refractivity contribution in [3.63, 3.8) is 0 Å². The molecule has 0 aromatic heterocycles. The number of likely N-dealkylation sites (tertiary alicyclic amines) is 1. The molecule has 1 fully saturated rings. The predicted molar refractivity (Wildman–Crippen MR) is 125 cm³/mol. The number of alkyl halides is 3. The van der Waals surface area contributed by atoms with Crippen molar-refractivity contribution < 1.29 is 32.7 Å². The lowest BCUT2D eigenvalue weighted by atomic mass is 9.74. The van der Waals surface area contributed by atoms with Crippen LogP contribution in [0.25, 0.3) is 11.1 Å². The Kier molecular flexibility index (Phi) is 7.09. The highest BCUT2D eigenvalue weighted by atomic mass is 19.4. The van der Waals surface area contributed by atoms with Crippen molar-refractivity contribution in [2.24, 2.45) is 0 Å². The summed E-state index contributed by atoms with van der Waals surface area (Å²) in [6.45, 7) is -0.683. The molecule has 1 heterocycles. The lowest BCUT2D eigenvalue weighted by Gasteiger charge is -2.33. The number of rotatable bonds is 6. The number of carbonyl (C=O) groups excluding carboxylic acids is 2. The number of halogens is 3. The Hall–Kier alpha value is -3.76. The van der Waals surface area contributed by atoms with Gasteiger partial charge in [-0.05, 0) is 41.5 Å². The molecule has 2 aliphatic rings. The molecule has 1 saturated heterocycles. The second-order valence-electron chi connectivity index (χ2n) is 8.99. The quantitative estimate of drug-likeness (QED) is 0.483. The van der Waals surface area contributed by atoms with E-state index in [1.165, 1.54) is 0 Å². The van der Waals surface area contributed by atoms with E-state index in [1.807, 2.05) is 24.3 Å². The maximum absolute atomic E-state index is 13.5. The van der Waals surface area contributed by atoms with Crippen LogP contribution in [0.4, 0.5) is 22.8 Å². The Balaban J connectivity index is 1.52. The monoisotopic (exact) mass is 504 g/mol. The molecule has 0 saturated carbocycles. The van der Waals surface area contributed by atoms with Gasteiger partial charge in [0.15, 0.2) is 0 Å². The van der Waals surface area contributed by atoms with Crippen molar-refractivity contribution in [1.82, 2.24) is 20.9 Å². The van der Waals surface area contributed by atoms with Crippen molar-refractivity contribution in [1.29, 1.82) is 0 Å². The smallest absolute Gasteiger partial charge is 0.405 e. The van der Waals surface area contributed by atoms with E-state index in [1.54, 1.807) is 29.2 Å². The average Bonchev–Trinajstić information content (AvgIpc) is 3.13. The minimum absolute atomic E-state index is 0.0498. The summed E-state index contributed by atoms with van der Waals surface area (Å²) in [7, 11) is 0. The largest absolute Gasteiger partial charge is 0.465 e. The van der Waals surface area contributed by atoms with Crippen LogP contribution < -0.4 is 16.0 Å². The molecule has 0 unspecified atom stereocenters. The zero-order valence-corrected chi connectivity index (χ0v) is 19.4. The van der Waals surface area contributed by atoms with Crippen LogP contribution in [-0.4, -0.2) is 66.4 Å². The summed E-state index contributed by atoms with van der Waals surface area (Å²) in [4.78, 5) is 38.6. The fourth-order valence-electron chi connectivity index (χ4n) is 5.15. The van der Waals surface area contributed by atoms with Gasteiger partial charge < -0.3 is 26.0 Å². The Morgan fingerprint density at radius 1 is 0.944 bits per heavy atom. The van der Waals surface area contributed by atoms with Gasteiger partial charge in [-0.3, -0.25) is 4.79 Å². The molecule has 192 valence electrons. The van der Waals surface area contributed by atoms with Crippen molar-refractivity contribution >= 4 is 18.0 Å². The van der Waals surface area contributed by atoms with Crippen LogP contribution in [0.1, 0.15) is 30.4 Å². The topological polar surface area (TPSA) is 111 Å². The van der Waals surface area contributed by atoms with Crippen molar-refractivity contribution in [3.8, 4) is 11.1 Å². The SMILES string of the molecule is O=C(O)NC1CCN(C(=O)NCCC2(C(=O)NCC(F)(F)F)c3ccccc3-c3ccccc32)CC1. The number of carbonyl (C=O) groups is 3. The van der Waals surface area contributed by atoms with E-state index in [4.69, 9.17) is 5.11 Å². The first-order valence-electron chi connectivity index (χ1n) is 11.7. The van der Waals surface area contributed by atoms with Gasteiger partial charge in [0.05, 0.1) is 0 Å². The summed E-state index contributed by atoms with van der Waals surface area (Å²) >= 11 is 0. The Morgan fingerprint density at radius 3 is 2.03 bits per heavy atom. The lowest BCUT2D eigenvalue weighted by Crippen LogP contribution is -2.51. The van der Waals surface area contributed by atoms with Gasteiger partial charge in [-0.1, -0.05) is 48.5 Å². The van der Waals surface area contributed by atoms with Crippen LogP contribution in [0, 0.1) is 0 Å². The number of hydrogen-bond acceptors (Lipinski definition) is 3. The third-order valence-corrected chi connectivity index (χ3v) is 6.79. The first-order chi connectivity index (χ1) is 17.1. The number of piperidine rings is 1. The van der Waals surface area contributed by atoms with Gasteiger partial charge in [-0.15, -0.1) is 0 Å². The summed E-state index contributed by atoms with van der Waals surface area (Å²) in [5, 5.41) is 16.1. The van der Waals surface area contributed by atoms with Crippen LogP contribution >= 0.6 is 0 Å². The highest BCUT2D eigenvalue weighted by Crippen LogP contribution is 2.50. The van der Waals surface area contributed by atoms with Crippen molar-refractivity contribution in [3.05, 3.63) is 59.7 Å². The van der Waals surface area contributed by atoms with Crippen molar-refractivity contribution in [2.75, 3.05) is 26.2 Å². The fraction of sp³-hybridized carbons (Fsp3) is 0.400. The number of nitrogens with one attached hydrogen (secondary N) is 3. The third-order valence-electron chi connectivity index (χ3n) is 6.79. The first kappa shape index (κ1) is 25.3. The van der Waals surface area contributed by atoms with Gasteiger partial charge >= 0.3 is 18.3 Å². The zero-order valence-electron chi connectivity index (χ0n) is 19.4. The number of nitrogens with zero attached hydrogens (tertiary/aromatic N) is 1. The Morgan fingerprint density at radius 2 is 1.50 bits per heavy atom. The molecule has 0 atom stereocenters. The van der Waals surface area contributed by atoms with Crippen LogP contribution in [0.2, 0.25) is 0 Å². The highest BCUT2D eigenvalue weighted by molar-refractivity contribution is 6.00. The molecular formula is C25H27F3N4O4. The second kappa shape index (κ2) is 10.1. The van der Waals surface area contributed by atoms with Gasteiger partial charge in [-0.25, -0.2) is 9.59 Å². The predicted octanol–water partition coefficient (Wildman–Crippen LogP) is 3.46. The zero-order chi connectivity index (χ0) is 25.9. The number of amides is 4. The molecule has 0 bridgehead atoms. The molecule has 0 radical (unpaired) electrons. The molecule has 1 aliphatic heterocycles. The minimum Gasteiger partial charge on any atom is -0.465 e. The highest BCUT2D eigenvalue weighted by Gasteiger charge is 2.49. The molecule has 4 rings (SSSR count). The molecule has 2 aromatic carbocycles. The lowest BCUT2D eigenvalue weighted by molar-refractivity contribution is -0.141. The molecule has 8 nitrogen and oxygen atoms in total. The van der Waals surface area contributed by atoms with E-state index >= 15 is 0 Å². The molecule has 1 aliphatic carbocycles.